The molecule has 142 valence electrons. The number of nitrogens with one attached hydrogen (secondary N) is 2. The van der Waals surface area contributed by atoms with Crippen molar-refractivity contribution >= 4 is 17.0 Å². The molecule has 1 atom stereocenters. The largest absolute Gasteiger partial charge is 0.497 e. The van der Waals surface area contributed by atoms with Crippen LogP contribution in [0.4, 0.5) is 5.95 Å². The van der Waals surface area contributed by atoms with E-state index in [0.717, 1.165) is 22.3 Å². The first-order chi connectivity index (χ1) is 13.6. The molecule has 2 N–H and O–H groups in total. The van der Waals surface area contributed by atoms with E-state index < -0.39 is 0 Å². The number of benzene rings is 2. The summed E-state index contributed by atoms with van der Waals surface area (Å²) in [5, 5.41) is 3.18. The van der Waals surface area contributed by atoms with Gasteiger partial charge in [-0.25, -0.2) is 9.97 Å². The normalized spacial score (nSPS) is 12.1. The SMILES string of the molecule is COc1ccc(CNc2nc([C@H](C)n3cnc4ccccc43)cc(=O)[nH]2)cc1. The molecule has 0 radical (unpaired) electrons. The van der Waals surface area contributed by atoms with Crippen molar-refractivity contribution in [1.82, 2.24) is 19.5 Å². The number of H-pyrrole nitrogens is 1. The lowest BCUT2D eigenvalue weighted by atomic mass is 10.2. The lowest BCUT2D eigenvalue weighted by Gasteiger charge is -2.15. The minimum atomic E-state index is -0.196. The molecule has 4 rings (SSSR count). The van der Waals surface area contributed by atoms with E-state index in [1.807, 2.05) is 60.0 Å². The first-order valence-corrected chi connectivity index (χ1v) is 9.03. The molecule has 0 aliphatic rings. The number of rotatable bonds is 6. The van der Waals surface area contributed by atoms with Gasteiger partial charge in [0.2, 0.25) is 5.95 Å². The second-order valence-electron chi connectivity index (χ2n) is 6.54. The second kappa shape index (κ2) is 7.56. The molecule has 0 saturated carbocycles. The summed E-state index contributed by atoms with van der Waals surface area (Å²) < 4.78 is 7.19. The molecule has 0 saturated heterocycles. The highest BCUT2D eigenvalue weighted by Gasteiger charge is 2.14. The van der Waals surface area contributed by atoms with Gasteiger partial charge in [-0.1, -0.05) is 24.3 Å². The zero-order chi connectivity index (χ0) is 19.5. The van der Waals surface area contributed by atoms with Crippen LogP contribution in [-0.2, 0) is 6.54 Å². The van der Waals surface area contributed by atoms with Crippen LogP contribution in [0.25, 0.3) is 11.0 Å². The summed E-state index contributed by atoms with van der Waals surface area (Å²) in [6, 6.07) is 17.0. The molecule has 0 amide bonds. The number of aromatic amines is 1. The minimum absolute atomic E-state index is 0.128. The lowest BCUT2D eigenvalue weighted by Crippen LogP contribution is -2.17. The fourth-order valence-corrected chi connectivity index (χ4v) is 3.13. The molecule has 2 heterocycles. The van der Waals surface area contributed by atoms with Gasteiger partial charge in [0.1, 0.15) is 5.75 Å². The van der Waals surface area contributed by atoms with E-state index in [4.69, 9.17) is 4.74 Å². The fraction of sp³-hybridized carbons (Fsp3) is 0.190. The lowest BCUT2D eigenvalue weighted by molar-refractivity contribution is 0.414. The van der Waals surface area contributed by atoms with Gasteiger partial charge in [0, 0.05) is 12.6 Å². The molecule has 0 bridgehead atoms. The molecule has 0 fully saturated rings. The number of para-hydroxylation sites is 2. The monoisotopic (exact) mass is 375 g/mol. The van der Waals surface area contributed by atoms with Crippen LogP contribution >= 0.6 is 0 Å². The number of hydrogen-bond donors (Lipinski definition) is 2. The molecule has 2 aromatic carbocycles. The van der Waals surface area contributed by atoms with Crippen molar-refractivity contribution in [2.24, 2.45) is 0 Å². The highest BCUT2D eigenvalue weighted by molar-refractivity contribution is 5.75. The molecule has 0 aliphatic heterocycles. The Kier molecular flexibility index (Phi) is 4.80. The average Bonchev–Trinajstić information content (AvgIpc) is 3.16. The third kappa shape index (κ3) is 3.59. The zero-order valence-electron chi connectivity index (χ0n) is 15.7. The first kappa shape index (κ1) is 17.8. The quantitative estimate of drug-likeness (QED) is 0.540. The predicted octanol–water partition coefficient (Wildman–Crippen LogP) is 3.35. The molecule has 7 nitrogen and oxygen atoms in total. The smallest absolute Gasteiger partial charge is 0.252 e. The summed E-state index contributed by atoms with van der Waals surface area (Å²) in [5.41, 5.74) is 3.45. The van der Waals surface area contributed by atoms with E-state index in [1.54, 1.807) is 13.4 Å². The van der Waals surface area contributed by atoms with Crippen LogP contribution in [0.1, 0.15) is 24.2 Å². The Morgan fingerprint density at radius 2 is 1.96 bits per heavy atom. The maximum Gasteiger partial charge on any atom is 0.252 e. The number of nitrogens with zero attached hydrogens (tertiary/aromatic N) is 3. The standard InChI is InChI=1S/C21H21N5O2/c1-14(26-13-23-17-5-3-4-6-19(17)26)18-11-20(27)25-21(24-18)22-12-15-7-9-16(28-2)10-8-15/h3-11,13-14H,12H2,1-2H3,(H2,22,24,25,27)/t14-/m0/s1. The van der Waals surface area contributed by atoms with Crippen LogP contribution in [0.5, 0.6) is 5.75 Å². The van der Waals surface area contributed by atoms with Gasteiger partial charge in [-0.2, -0.15) is 0 Å². The van der Waals surface area contributed by atoms with Crippen molar-refractivity contribution in [2.45, 2.75) is 19.5 Å². The predicted molar refractivity (Wildman–Crippen MR) is 109 cm³/mol. The van der Waals surface area contributed by atoms with Crippen LogP contribution in [0, 0.1) is 0 Å². The Morgan fingerprint density at radius 1 is 1.18 bits per heavy atom. The molecule has 0 spiro atoms. The van der Waals surface area contributed by atoms with Crippen LogP contribution in [0.3, 0.4) is 0 Å². The van der Waals surface area contributed by atoms with Crippen molar-refractivity contribution in [1.29, 1.82) is 0 Å². The Labute approximate surface area is 162 Å². The Bertz CT molecular complexity index is 1150. The van der Waals surface area contributed by atoms with Gasteiger partial charge < -0.3 is 14.6 Å². The van der Waals surface area contributed by atoms with Gasteiger partial charge in [-0.05, 0) is 36.8 Å². The topological polar surface area (TPSA) is 84.8 Å². The summed E-state index contributed by atoms with van der Waals surface area (Å²) in [6.45, 7) is 2.54. The van der Waals surface area contributed by atoms with E-state index >= 15 is 0 Å². The maximum atomic E-state index is 12.2. The van der Waals surface area contributed by atoms with E-state index in [0.29, 0.717) is 18.2 Å². The summed E-state index contributed by atoms with van der Waals surface area (Å²) in [5.74, 6) is 1.24. The number of aromatic nitrogens is 4. The molecular formula is C21H21N5O2. The number of ether oxygens (including phenoxy) is 1. The van der Waals surface area contributed by atoms with Gasteiger partial charge in [-0.3, -0.25) is 9.78 Å². The third-order valence-electron chi connectivity index (χ3n) is 4.71. The highest BCUT2D eigenvalue weighted by Crippen LogP contribution is 2.22. The number of methoxy groups -OCH3 is 1. The van der Waals surface area contributed by atoms with Gasteiger partial charge >= 0.3 is 0 Å². The number of anilines is 1. The Morgan fingerprint density at radius 3 is 2.75 bits per heavy atom. The average molecular weight is 375 g/mol. The van der Waals surface area contributed by atoms with Crippen molar-refractivity contribution in [3.63, 3.8) is 0 Å². The molecule has 28 heavy (non-hydrogen) atoms. The first-order valence-electron chi connectivity index (χ1n) is 9.03. The van der Waals surface area contributed by atoms with Crippen molar-refractivity contribution < 1.29 is 4.74 Å². The van der Waals surface area contributed by atoms with Gasteiger partial charge in [0.25, 0.3) is 5.56 Å². The molecule has 2 aromatic heterocycles. The summed E-state index contributed by atoms with van der Waals surface area (Å²) >= 11 is 0. The molecule has 7 heteroatoms. The van der Waals surface area contributed by atoms with Crippen LogP contribution in [-0.4, -0.2) is 26.6 Å². The van der Waals surface area contributed by atoms with Crippen molar-refractivity contribution in [3.05, 3.63) is 82.5 Å². The van der Waals surface area contributed by atoms with Gasteiger partial charge in [-0.15, -0.1) is 0 Å². The number of fused-ring (bicyclic) bond motifs is 1. The molecule has 0 unspecified atom stereocenters. The zero-order valence-corrected chi connectivity index (χ0v) is 15.7. The molecule has 0 aliphatic carbocycles. The van der Waals surface area contributed by atoms with Crippen LogP contribution in [0.2, 0.25) is 0 Å². The van der Waals surface area contributed by atoms with E-state index in [1.165, 1.54) is 6.07 Å². The molecular weight excluding hydrogens is 354 g/mol. The van der Waals surface area contributed by atoms with Gasteiger partial charge in [0.05, 0.1) is 36.2 Å². The summed E-state index contributed by atoms with van der Waals surface area (Å²) in [6.07, 6.45) is 1.78. The minimum Gasteiger partial charge on any atom is -0.497 e. The van der Waals surface area contributed by atoms with Gasteiger partial charge in [0.15, 0.2) is 0 Å². The molecule has 4 aromatic rings. The highest BCUT2D eigenvalue weighted by atomic mass is 16.5. The second-order valence-corrected chi connectivity index (χ2v) is 6.54. The Balaban J connectivity index is 1.57. The van der Waals surface area contributed by atoms with Crippen molar-refractivity contribution in [2.75, 3.05) is 12.4 Å². The number of imidazole rings is 1. The van der Waals surface area contributed by atoms with E-state index in [2.05, 4.69) is 20.3 Å². The van der Waals surface area contributed by atoms with Crippen LogP contribution < -0.4 is 15.6 Å². The van der Waals surface area contributed by atoms with Crippen molar-refractivity contribution in [3.8, 4) is 5.75 Å². The third-order valence-corrected chi connectivity index (χ3v) is 4.71. The fourth-order valence-electron chi connectivity index (χ4n) is 3.13. The van der Waals surface area contributed by atoms with E-state index in [-0.39, 0.29) is 11.6 Å². The Hall–Kier alpha value is -3.61. The summed E-state index contributed by atoms with van der Waals surface area (Å²) in [4.78, 5) is 23.9. The van der Waals surface area contributed by atoms with Crippen LogP contribution in [0.15, 0.2) is 65.7 Å². The van der Waals surface area contributed by atoms with E-state index in [9.17, 15) is 4.79 Å². The number of hydrogen-bond acceptors (Lipinski definition) is 5. The summed E-state index contributed by atoms with van der Waals surface area (Å²) in [7, 11) is 1.64. The maximum absolute atomic E-state index is 12.2.